The molecule has 1 heterocycles. The molecule has 0 amide bonds. The Hall–Kier alpha value is -0.900. The lowest BCUT2D eigenvalue weighted by Crippen LogP contribution is -2.40. The number of thiazole rings is 1. The largest absolute Gasteiger partial charge is 0.469 e. The Balaban J connectivity index is 0.00000400. The molecule has 0 aromatic carbocycles. The van der Waals surface area contributed by atoms with Crippen LogP contribution >= 0.6 is 35.3 Å². The lowest BCUT2D eigenvalue weighted by atomic mass is 10.2. The highest BCUT2D eigenvalue weighted by molar-refractivity contribution is 14.0. The van der Waals surface area contributed by atoms with Crippen LogP contribution in [0.2, 0.25) is 0 Å². The highest BCUT2D eigenvalue weighted by Crippen LogP contribution is 2.11. The van der Waals surface area contributed by atoms with Crippen molar-refractivity contribution in [2.75, 3.05) is 20.2 Å². The molecule has 1 unspecified atom stereocenters. The number of ether oxygens (including phenoxy) is 1. The van der Waals surface area contributed by atoms with E-state index in [2.05, 4.69) is 25.3 Å². The Kier molecular flexibility index (Phi) is 10.3. The normalized spacial score (nSPS) is 12.3. The summed E-state index contributed by atoms with van der Waals surface area (Å²) in [5.41, 5.74) is 0. The van der Waals surface area contributed by atoms with Crippen molar-refractivity contribution in [3.05, 3.63) is 16.1 Å². The van der Waals surface area contributed by atoms with Crippen molar-refractivity contribution in [2.24, 2.45) is 10.9 Å². The first-order chi connectivity index (χ1) is 9.56. The summed E-state index contributed by atoms with van der Waals surface area (Å²) in [6.07, 6.45) is 1.84. The van der Waals surface area contributed by atoms with Crippen LogP contribution in [0.5, 0.6) is 0 Å². The van der Waals surface area contributed by atoms with Crippen LogP contribution in [0, 0.1) is 12.8 Å². The zero-order valence-electron chi connectivity index (χ0n) is 12.8. The van der Waals surface area contributed by atoms with Gasteiger partial charge >= 0.3 is 5.97 Å². The number of hydrogen-bond acceptors (Lipinski definition) is 5. The first-order valence-corrected chi connectivity index (χ1v) is 7.39. The monoisotopic (exact) mass is 426 g/mol. The third-order valence-corrected chi connectivity index (χ3v) is 3.46. The minimum absolute atomic E-state index is 0. The molecule has 21 heavy (non-hydrogen) atoms. The maximum Gasteiger partial charge on any atom is 0.310 e. The number of carbonyl (C=O) groups excluding carboxylic acids is 1. The summed E-state index contributed by atoms with van der Waals surface area (Å²) in [5.74, 6) is 0.228. The summed E-state index contributed by atoms with van der Waals surface area (Å²) in [4.78, 5) is 21.2. The summed E-state index contributed by atoms with van der Waals surface area (Å²) in [7, 11) is 1.39. The van der Waals surface area contributed by atoms with E-state index >= 15 is 0 Å². The smallest absolute Gasteiger partial charge is 0.310 e. The van der Waals surface area contributed by atoms with Gasteiger partial charge in [-0.25, -0.2) is 9.98 Å². The number of aryl methyl sites for hydroxylation is 1. The number of carbonyl (C=O) groups is 1. The molecule has 1 rings (SSSR count). The number of hydrogen-bond donors (Lipinski definition) is 2. The number of aromatic nitrogens is 1. The molecule has 6 nitrogen and oxygen atoms in total. The molecule has 0 spiro atoms. The number of aliphatic imine (C=N–C) groups is 1. The predicted molar refractivity (Wildman–Crippen MR) is 96.3 cm³/mol. The molecule has 0 fully saturated rings. The third kappa shape index (κ3) is 7.60. The summed E-state index contributed by atoms with van der Waals surface area (Å²) in [6.45, 7) is 7.60. The molecule has 1 aromatic rings. The van der Waals surface area contributed by atoms with Crippen LogP contribution in [0.1, 0.15) is 23.7 Å². The van der Waals surface area contributed by atoms with E-state index in [1.54, 1.807) is 11.3 Å². The SMILES string of the molecule is CCNC(=NCc1ncc(C)s1)NCC(C)C(=O)OC.I. The standard InChI is InChI=1S/C13H22N4O2S.HI/c1-5-14-13(16-6-9(2)12(18)19-4)17-8-11-15-7-10(3)20-11;/h7,9H,5-6,8H2,1-4H3,(H2,14,16,17);1H. The summed E-state index contributed by atoms with van der Waals surface area (Å²) >= 11 is 1.63. The predicted octanol–water partition coefficient (Wildman–Crippen LogP) is 1.93. The molecule has 120 valence electrons. The lowest BCUT2D eigenvalue weighted by Gasteiger charge is -2.14. The second kappa shape index (κ2) is 10.8. The first kappa shape index (κ1) is 20.1. The van der Waals surface area contributed by atoms with Crippen molar-refractivity contribution in [3.8, 4) is 0 Å². The van der Waals surface area contributed by atoms with Crippen LogP contribution in [0.4, 0.5) is 0 Å². The number of nitrogens with one attached hydrogen (secondary N) is 2. The molecule has 0 saturated carbocycles. The van der Waals surface area contributed by atoms with Crippen LogP contribution in [0.25, 0.3) is 0 Å². The molecule has 2 N–H and O–H groups in total. The minimum Gasteiger partial charge on any atom is -0.469 e. The molecule has 0 aliphatic heterocycles. The molecule has 1 aromatic heterocycles. The fourth-order valence-electron chi connectivity index (χ4n) is 1.50. The Bertz CT molecular complexity index is 465. The molecular formula is C13H23IN4O2S. The number of rotatable bonds is 6. The topological polar surface area (TPSA) is 75.6 Å². The van der Waals surface area contributed by atoms with Gasteiger partial charge in [-0.15, -0.1) is 35.3 Å². The molecule has 0 aliphatic carbocycles. The van der Waals surface area contributed by atoms with Crippen molar-refractivity contribution >= 4 is 47.2 Å². The van der Waals surface area contributed by atoms with Crippen LogP contribution in [-0.4, -0.2) is 37.1 Å². The number of guanidine groups is 1. The highest BCUT2D eigenvalue weighted by atomic mass is 127. The fourth-order valence-corrected chi connectivity index (χ4v) is 2.21. The Labute approximate surface area is 146 Å². The number of methoxy groups -OCH3 is 1. The maximum atomic E-state index is 11.3. The van der Waals surface area contributed by atoms with Gasteiger partial charge in [0.25, 0.3) is 0 Å². The van der Waals surface area contributed by atoms with E-state index in [4.69, 9.17) is 0 Å². The quantitative estimate of drug-likeness (QED) is 0.315. The van der Waals surface area contributed by atoms with Gasteiger partial charge in [0.05, 0.1) is 19.6 Å². The third-order valence-electron chi connectivity index (χ3n) is 2.57. The molecule has 0 saturated heterocycles. The zero-order chi connectivity index (χ0) is 15.0. The molecule has 0 aliphatic rings. The van der Waals surface area contributed by atoms with Gasteiger partial charge in [0, 0.05) is 24.2 Å². The number of esters is 1. The Morgan fingerprint density at radius 3 is 2.76 bits per heavy atom. The molecule has 8 heteroatoms. The second-order valence-corrected chi connectivity index (χ2v) is 5.68. The number of nitrogens with zero attached hydrogens (tertiary/aromatic N) is 2. The summed E-state index contributed by atoms with van der Waals surface area (Å²) < 4.78 is 4.69. The van der Waals surface area contributed by atoms with Crippen molar-refractivity contribution in [3.63, 3.8) is 0 Å². The van der Waals surface area contributed by atoms with Gasteiger partial charge in [-0.1, -0.05) is 6.92 Å². The second-order valence-electron chi connectivity index (χ2n) is 4.36. The zero-order valence-corrected chi connectivity index (χ0v) is 16.0. The Morgan fingerprint density at radius 1 is 1.52 bits per heavy atom. The van der Waals surface area contributed by atoms with Gasteiger partial charge in [-0.3, -0.25) is 4.79 Å². The van der Waals surface area contributed by atoms with Crippen LogP contribution < -0.4 is 10.6 Å². The summed E-state index contributed by atoms with van der Waals surface area (Å²) in [6, 6.07) is 0. The van der Waals surface area contributed by atoms with Gasteiger partial charge in [-0.05, 0) is 13.8 Å². The first-order valence-electron chi connectivity index (χ1n) is 6.58. The van der Waals surface area contributed by atoms with Crippen LogP contribution in [0.3, 0.4) is 0 Å². The van der Waals surface area contributed by atoms with Crippen molar-refractivity contribution < 1.29 is 9.53 Å². The average molecular weight is 426 g/mol. The molecule has 0 bridgehead atoms. The maximum absolute atomic E-state index is 11.3. The lowest BCUT2D eigenvalue weighted by molar-refractivity contribution is -0.144. The van der Waals surface area contributed by atoms with Crippen molar-refractivity contribution in [1.82, 2.24) is 15.6 Å². The Morgan fingerprint density at radius 2 is 2.24 bits per heavy atom. The highest BCUT2D eigenvalue weighted by Gasteiger charge is 2.13. The van der Waals surface area contributed by atoms with E-state index in [9.17, 15) is 4.79 Å². The summed E-state index contributed by atoms with van der Waals surface area (Å²) in [5, 5.41) is 7.24. The average Bonchev–Trinajstić information content (AvgIpc) is 2.86. The van der Waals surface area contributed by atoms with Crippen molar-refractivity contribution in [1.29, 1.82) is 0 Å². The fraction of sp³-hybridized carbons (Fsp3) is 0.615. The van der Waals surface area contributed by atoms with E-state index < -0.39 is 0 Å². The minimum atomic E-state index is -0.233. The van der Waals surface area contributed by atoms with Crippen LogP contribution in [-0.2, 0) is 16.1 Å². The van der Waals surface area contributed by atoms with Gasteiger partial charge in [0.1, 0.15) is 5.01 Å². The van der Waals surface area contributed by atoms with E-state index in [-0.39, 0.29) is 35.9 Å². The van der Waals surface area contributed by atoms with Crippen LogP contribution in [0.15, 0.2) is 11.2 Å². The number of halogens is 1. The van der Waals surface area contributed by atoms with Gasteiger partial charge < -0.3 is 15.4 Å². The van der Waals surface area contributed by atoms with Gasteiger partial charge in [-0.2, -0.15) is 0 Å². The van der Waals surface area contributed by atoms with E-state index in [1.807, 2.05) is 27.0 Å². The molecular weight excluding hydrogens is 403 g/mol. The van der Waals surface area contributed by atoms with Crippen molar-refractivity contribution in [2.45, 2.75) is 27.3 Å². The van der Waals surface area contributed by atoms with Gasteiger partial charge in [0.15, 0.2) is 5.96 Å². The van der Waals surface area contributed by atoms with E-state index in [0.29, 0.717) is 19.0 Å². The van der Waals surface area contributed by atoms with E-state index in [0.717, 1.165) is 11.6 Å². The van der Waals surface area contributed by atoms with Gasteiger partial charge in [0.2, 0.25) is 0 Å². The van der Waals surface area contributed by atoms with E-state index in [1.165, 1.54) is 12.0 Å². The molecule has 1 atom stereocenters. The molecule has 0 radical (unpaired) electrons.